The number of hydrogen-bond donors (Lipinski definition) is 2. The third kappa shape index (κ3) is 3.66. The molecule has 5 rings (SSSR count). The first-order chi connectivity index (χ1) is 14.6. The monoisotopic (exact) mass is 443 g/mol. The number of rotatable bonds is 5. The topological polar surface area (TPSA) is 65.5 Å². The predicted molar refractivity (Wildman–Crippen MR) is 123 cm³/mol. The zero-order valence-corrected chi connectivity index (χ0v) is 18.4. The van der Waals surface area contributed by atoms with Crippen molar-refractivity contribution >= 4 is 39.5 Å². The number of hydrogen-bond acceptors (Lipinski definition) is 5. The molecule has 0 spiro atoms. The summed E-state index contributed by atoms with van der Waals surface area (Å²) in [5.41, 5.74) is 4.11. The average Bonchev–Trinajstić information content (AvgIpc) is 3.12. The van der Waals surface area contributed by atoms with E-state index in [2.05, 4.69) is 28.4 Å². The lowest BCUT2D eigenvalue weighted by Crippen LogP contribution is -2.48. The van der Waals surface area contributed by atoms with Crippen LogP contribution in [0.1, 0.15) is 36.9 Å². The fourth-order valence-corrected chi connectivity index (χ4v) is 6.03. The molecule has 2 aromatic rings. The number of anilines is 2. The Balaban J connectivity index is 1.42. The fourth-order valence-electron chi connectivity index (χ4n) is 4.56. The molecular weight excluding hydrogens is 418 g/mol. The van der Waals surface area contributed by atoms with Crippen molar-refractivity contribution in [2.24, 2.45) is 0 Å². The van der Waals surface area contributed by atoms with Gasteiger partial charge in [0, 0.05) is 36.4 Å². The summed E-state index contributed by atoms with van der Waals surface area (Å²) in [6.45, 7) is 1.77. The summed E-state index contributed by atoms with van der Waals surface area (Å²) in [4.78, 5) is 8.00. The smallest absolute Gasteiger partial charge is 0.131 e. The van der Waals surface area contributed by atoms with Crippen LogP contribution in [0.2, 0.25) is 5.02 Å². The molecule has 0 radical (unpaired) electrons. The molecule has 30 heavy (non-hydrogen) atoms. The molecule has 2 N–H and O–H groups in total. The molecule has 5 nitrogen and oxygen atoms in total. The second-order valence-electron chi connectivity index (χ2n) is 8.45. The molecule has 1 aromatic carbocycles. The van der Waals surface area contributed by atoms with Gasteiger partial charge in [0.15, 0.2) is 0 Å². The Morgan fingerprint density at radius 2 is 2.03 bits per heavy atom. The Morgan fingerprint density at radius 3 is 2.67 bits per heavy atom. The third-order valence-electron chi connectivity index (χ3n) is 6.54. The number of benzene rings is 1. The molecule has 158 valence electrons. The van der Waals surface area contributed by atoms with Gasteiger partial charge in [-0.15, -0.1) is 0 Å². The van der Waals surface area contributed by atoms with Crippen LogP contribution in [0.3, 0.4) is 0 Å². The standard InChI is InChI=1S/C23H26ClN3O2S/c24-18-4-2-16(3-5-18)17-6-11-27(12-7-17)21-14-20(26-23(15-28)9-1-10-23)22-19(25-21)8-13-30(22)29/h2-6,14,28H,1,7-13,15H2,(H,25,26)/t30-/m1/s1. The molecule has 3 heterocycles. The van der Waals surface area contributed by atoms with E-state index in [0.29, 0.717) is 5.75 Å². The third-order valence-corrected chi connectivity index (χ3v) is 8.28. The Bertz CT molecular complexity index is 1010. The van der Waals surface area contributed by atoms with Gasteiger partial charge in [0.1, 0.15) is 5.82 Å². The summed E-state index contributed by atoms with van der Waals surface area (Å²) in [6, 6.07) is 10.0. The number of fused-ring (bicyclic) bond motifs is 1. The van der Waals surface area contributed by atoms with Crippen molar-refractivity contribution < 1.29 is 9.32 Å². The summed E-state index contributed by atoms with van der Waals surface area (Å²) in [7, 11) is -1.02. The number of aliphatic hydroxyl groups excluding tert-OH is 1. The Labute approximate surface area is 184 Å². The maximum absolute atomic E-state index is 12.6. The molecule has 1 atom stereocenters. The molecule has 0 amide bonds. The molecule has 0 saturated heterocycles. The van der Waals surface area contributed by atoms with Crippen molar-refractivity contribution in [3.8, 4) is 0 Å². The minimum atomic E-state index is -1.02. The molecule has 1 saturated carbocycles. The van der Waals surface area contributed by atoms with Crippen LogP contribution in [0, 0.1) is 0 Å². The van der Waals surface area contributed by atoms with Crippen molar-refractivity contribution in [2.75, 3.05) is 35.7 Å². The van der Waals surface area contributed by atoms with Crippen LogP contribution in [-0.2, 0) is 17.2 Å². The van der Waals surface area contributed by atoms with E-state index in [-0.39, 0.29) is 12.1 Å². The van der Waals surface area contributed by atoms with Crippen molar-refractivity contribution in [3.63, 3.8) is 0 Å². The van der Waals surface area contributed by atoms with Gasteiger partial charge in [-0.3, -0.25) is 4.21 Å². The summed E-state index contributed by atoms with van der Waals surface area (Å²) >= 11 is 6.02. The minimum Gasteiger partial charge on any atom is -0.394 e. The molecule has 0 bridgehead atoms. The van der Waals surface area contributed by atoms with E-state index in [0.717, 1.165) is 72.3 Å². The summed E-state index contributed by atoms with van der Waals surface area (Å²) in [5, 5.41) is 14.2. The fraction of sp³-hybridized carbons (Fsp3) is 0.435. The molecule has 1 aromatic heterocycles. The van der Waals surface area contributed by atoms with Crippen LogP contribution in [0.4, 0.5) is 11.5 Å². The SMILES string of the molecule is O=[S@@]1CCc2nc(N3CC=C(c4ccc(Cl)cc4)CC3)cc(NC3(CO)CCC3)c21. The first kappa shape index (κ1) is 20.0. The largest absolute Gasteiger partial charge is 0.394 e. The molecule has 0 unspecified atom stereocenters. The van der Waals surface area contributed by atoms with Crippen molar-refractivity contribution in [3.05, 3.63) is 52.7 Å². The van der Waals surface area contributed by atoms with Crippen molar-refractivity contribution in [1.82, 2.24) is 4.98 Å². The van der Waals surface area contributed by atoms with Crippen LogP contribution in [0.25, 0.3) is 5.57 Å². The zero-order chi connectivity index (χ0) is 20.7. The number of pyridine rings is 1. The van der Waals surface area contributed by atoms with Gasteiger partial charge >= 0.3 is 0 Å². The van der Waals surface area contributed by atoms with Crippen LogP contribution in [0.5, 0.6) is 0 Å². The second kappa shape index (κ2) is 7.98. The number of aryl methyl sites for hydroxylation is 1. The molecular formula is C23H26ClN3O2S. The highest BCUT2D eigenvalue weighted by Gasteiger charge is 2.38. The quantitative estimate of drug-likeness (QED) is 0.730. The maximum Gasteiger partial charge on any atom is 0.131 e. The molecule has 1 aliphatic carbocycles. The number of aromatic nitrogens is 1. The van der Waals surface area contributed by atoms with E-state index in [1.165, 1.54) is 11.1 Å². The van der Waals surface area contributed by atoms with Crippen molar-refractivity contribution in [2.45, 2.75) is 42.5 Å². The lowest BCUT2D eigenvalue weighted by Gasteiger charge is -2.42. The lowest BCUT2D eigenvalue weighted by molar-refractivity contribution is 0.144. The second-order valence-corrected chi connectivity index (χ2v) is 10.4. The molecule has 1 fully saturated rings. The van der Waals surface area contributed by atoms with Crippen LogP contribution in [0.15, 0.2) is 41.3 Å². The van der Waals surface area contributed by atoms with Gasteiger partial charge in [-0.05, 0) is 49.0 Å². The van der Waals surface area contributed by atoms with Crippen LogP contribution >= 0.6 is 11.6 Å². The van der Waals surface area contributed by atoms with E-state index in [4.69, 9.17) is 16.6 Å². The molecule has 3 aliphatic rings. The van der Waals surface area contributed by atoms with E-state index in [1.807, 2.05) is 18.2 Å². The van der Waals surface area contributed by atoms with Crippen LogP contribution < -0.4 is 10.2 Å². The highest BCUT2D eigenvalue weighted by molar-refractivity contribution is 7.85. The van der Waals surface area contributed by atoms with E-state index in [9.17, 15) is 9.32 Å². The average molecular weight is 444 g/mol. The molecule has 2 aliphatic heterocycles. The highest BCUT2D eigenvalue weighted by Crippen LogP contribution is 2.40. The van der Waals surface area contributed by atoms with E-state index < -0.39 is 10.8 Å². The predicted octanol–water partition coefficient (Wildman–Crippen LogP) is 4.02. The highest BCUT2D eigenvalue weighted by atomic mass is 35.5. The van der Waals surface area contributed by atoms with Gasteiger partial charge in [-0.25, -0.2) is 4.98 Å². The Morgan fingerprint density at radius 1 is 1.23 bits per heavy atom. The lowest BCUT2D eigenvalue weighted by atomic mass is 9.77. The number of nitrogens with zero attached hydrogens (tertiary/aromatic N) is 2. The molecule has 7 heteroatoms. The van der Waals surface area contributed by atoms with E-state index in [1.54, 1.807) is 0 Å². The van der Waals surface area contributed by atoms with Crippen LogP contribution in [-0.4, -0.2) is 45.3 Å². The van der Waals surface area contributed by atoms with Gasteiger partial charge in [-0.1, -0.05) is 29.8 Å². The van der Waals surface area contributed by atoms with Gasteiger partial charge in [0.2, 0.25) is 0 Å². The maximum atomic E-state index is 12.6. The first-order valence-corrected chi connectivity index (χ1v) is 12.3. The number of aliphatic hydroxyl groups is 1. The summed E-state index contributed by atoms with van der Waals surface area (Å²) in [5.74, 6) is 1.56. The Kier molecular flexibility index (Phi) is 5.33. The zero-order valence-electron chi connectivity index (χ0n) is 16.9. The van der Waals surface area contributed by atoms with Gasteiger partial charge < -0.3 is 15.3 Å². The van der Waals surface area contributed by atoms with Gasteiger partial charge in [0.25, 0.3) is 0 Å². The Hall–Kier alpha value is -1.89. The first-order valence-electron chi connectivity index (χ1n) is 10.6. The summed E-state index contributed by atoms with van der Waals surface area (Å²) in [6.07, 6.45) is 6.94. The summed E-state index contributed by atoms with van der Waals surface area (Å²) < 4.78 is 12.6. The van der Waals surface area contributed by atoms with Gasteiger partial charge in [-0.2, -0.15) is 0 Å². The number of nitrogens with one attached hydrogen (secondary N) is 1. The number of halogens is 1. The minimum absolute atomic E-state index is 0.100. The van der Waals surface area contributed by atoms with Gasteiger partial charge in [0.05, 0.1) is 39.2 Å². The normalized spacial score (nSPS) is 22.3. The van der Waals surface area contributed by atoms with E-state index >= 15 is 0 Å². The van der Waals surface area contributed by atoms with Crippen molar-refractivity contribution in [1.29, 1.82) is 0 Å².